The zero-order valence-corrected chi connectivity index (χ0v) is 12.3. The maximum Gasteiger partial charge on any atom is 0.0906 e. The van der Waals surface area contributed by atoms with Crippen LogP contribution in [-0.2, 0) is 0 Å². The Kier molecular flexibility index (Phi) is 3.80. The summed E-state index contributed by atoms with van der Waals surface area (Å²) >= 11 is 0. The van der Waals surface area contributed by atoms with Gasteiger partial charge >= 0.3 is 0 Å². The maximum absolute atomic E-state index is 9.83. The summed E-state index contributed by atoms with van der Waals surface area (Å²) in [7, 11) is 0. The molecule has 1 aromatic carbocycles. The average molecular weight is 283 g/mol. The smallest absolute Gasteiger partial charge is 0.0906 e. The second kappa shape index (κ2) is 5.74. The lowest BCUT2D eigenvalue weighted by Gasteiger charge is -2.33. The van der Waals surface area contributed by atoms with Gasteiger partial charge in [-0.15, -0.1) is 0 Å². The molecule has 4 heteroatoms. The van der Waals surface area contributed by atoms with Gasteiger partial charge in [0, 0.05) is 30.0 Å². The third-order valence-corrected chi connectivity index (χ3v) is 3.99. The number of aryl methyl sites for hydroxylation is 1. The predicted octanol–water partition coefficient (Wildman–Crippen LogP) is 2.33. The monoisotopic (exact) mass is 283 g/mol. The number of anilines is 1. The highest BCUT2D eigenvalue weighted by Gasteiger charge is 2.19. The van der Waals surface area contributed by atoms with E-state index in [1.165, 1.54) is 11.3 Å². The Morgan fingerprint density at radius 3 is 2.90 bits per heavy atom. The highest BCUT2D eigenvalue weighted by Crippen LogP contribution is 2.25. The van der Waals surface area contributed by atoms with Gasteiger partial charge in [0.1, 0.15) is 0 Å². The number of hydrazone groups is 1. The van der Waals surface area contributed by atoms with E-state index in [2.05, 4.69) is 47.1 Å². The molecule has 3 rings (SSSR count). The number of hydrogen-bond acceptors (Lipinski definition) is 4. The van der Waals surface area contributed by atoms with E-state index in [1.807, 2.05) is 12.2 Å². The fourth-order valence-electron chi connectivity index (χ4n) is 2.89. The summed E-state index contributed by atoms with van der Waals surface area (Å²) in [5.74, 6) is 0. The van der Waals surface area contributed by atoms with E-state index in [0.29, 0.717) is 0 Å². The van der Waals surface area contributed by atoms with Crippen LogP contribution in [0, 0.1) is 6.92 Å². The standard InChI is InChI=1S/C17H21N3O/c1-12-10-14(16-7-5-13(2)18-19-16)6-8-17(12)20-9-3-4-15(21)11-20/h5-8,10,15,18,21H,2-4,9,11H2,1H3. The number of rotatable bonds is 2. The largest absolute Gasteiger partial charge is 0.391 e. The molecule has 4 nitrogen and oxygen atoms in total. The molecule has 0 radical (unpaired) electrons. The van der Waals surface area contributed by atoms with E-state index >= 15 is 0 Å². The van der Waals surface area contributed by atoms with E-state index in [4.69, 9.17) is 0 Å². The molecule has 1 aromatic rings. The molecule has 0 aromatic heterocycles. The molecule has 0 saturated carbocycles. The number of piperidine rings is 1. The van der Waals surface area contributed by atoms with Crippen molar-refractivity contribution in [3.05, 3.63) is 53.8 Å². The van der Waals surface area contributed by atoms with Crippen molar-refractivity contribution < 1.29 is 5.11 Å². The fourth-order valence-corrected chi connectivity index (χ4v) is 2.89. The normalized spacial score (nSPS) is 22.0. The van der Waals surface area contributed by atoms with Crippen LogP contribution in [0.5, 0.6) is 0 Å². The van der Waals surface area contributed by atoms with Gasteiger partial charge < -0.3 is 10.0 Å². The number of nitrogens with one attached hydrogen (secondary N) is 1. The molecule has 2 heterocycles. The Hall–Kier alpha value is -2.07. The molecule has 0 bridgehead atoms. The Balaban J connectivity index is 1.83. The summed E-state index contributed by atoms with van der Waals surface area (Å²) in [6.45, 7) is 7.66. The summed E-state index contributed by atoms with van der Waals surface area (Å²) in [6, 6.07) is 6.36. The number of allylic oxidation sites excluding steroid dienone is 2. The van der Waals surface area contributed by atoms with Gasteiger partial charge in [0.15, 0.2) is 0 Å². The second-order valence-corrected chi connectivity index (χ2v) is 5.71. The van der Waals surface area contributed by atoms with Crippen LogP contribution in [0.3, 0.4) is 0 Å². The third kappa shape index (κ3) is 3.00. The lowest BCUT2D eigenvalue weighted by Crippen LogP contribution is -2.38. The topological polar surface area (TPSA) is 47.9 Å². The first kappa shape index (κ1) is 13.9. The van der Waals surface area contributed by atoms with Crippen LogP contribution >= 0.6 is 0 Å². The summed E-state index contributed by atoms with van der Waals surface area (Å²) in [5, 5.41) is 14.1. The van der Waals surface area contributed by atoms with Crippen LogP contribution in [-0.4, -0.2) is 30.0 Å². The summed E-state index contributed by atoms with van der Waals surface area (Å²) in [6.07, 6.45) is 5.64. The fraction of sp³-hybridized carbons (Fsp3) is 0.353. The van der Waals surface area contributed by atoms with Gasteiger partial charge in [-0.3, -0.25) is 5.43 Å². The minimum absolute atomic E-state index is 0.210. The summed E-state index contributed by atoms with van der Waals surface area (Å²) in [5.41, 5.74) is 8.11. The van der Waals surface area contributed by atoms with E-state index in [-0.39, 0.29) is 6.10 Å². The predicted molar refractivity (Wildman–Crippen MR) is 86.6 cm³/mol. The van der Waals surface area contributed by atoms with Crippen LogP contribution in [0.15, 0.2) is 47.7 Å². The number of β-amino-alcohol motifs (C(OH)–C–C–N with tert-alkyl or cyclic N) is 1. The zero-order chi connectivity index (χ0) is 14.8. The lowest BCUT2D eigenvalue weighted by atomic mass is 10.0. The van der Waals surface area contributed by atoms with Crippen molar-refractivity contribution in [1.82, 2.24) is 5.43 Å². The number of hydrogen-bond donors (Lipinski definition) is 2. The molecule has 2 N–H and O–H groups in total. The van der Waals surface area contributed by atoms with E-state index in [9.17, 15) is 5.11 Å². The van der Waals surface area contributed by atoms with Crippen molar-refractivity contribution >= 4 is 11.4 Å². The molecule has 1 atom stereocenters. The molecule has 1 unspecified atom stereocenters. The summed E-state index contributed by atoms with van der Waals surface area (Å²) < 4.78 is 0. The Morgan fingerprint density at radius 2 is 2.24 bits per heavy atom. The third-order valence-electron chi connectivity index (χ3n) is 3.99. The van der Waals surface area contributed by atoms with Crippen molar-refractivity contribution in [2.24, 2.45) is 5.10 Å². The highest BCUT2D eigenvalue weighted by molar-refractivity contribution is 6.09. The number of aliphatic hydroxyl groups is 1. The van der Waals surface area contributed by atoms with E-state index < -0.39 is 0 Å². The van der Waals surface area contributed by atoms with E-state index in [0.717, 1.165) is 42.9 Å². The molecule has 1 fully saturated rings. The van der Waals surface area contributed by atoms with Crippen molar-refractivity contribution in [2.75, 3.05) is 18.0 Å². The van der Waals surface area contributed by atoms with Gasteiger partial charge in [-0.05, 0) is 49.6 Å². The zero-order valence-electron chi connectivity index (χ0n) is 12.3. The second-order valence-electron chi connectivity index (χ2n) is 5.71. The molecule has 21 heavy (non-hydrogen) atoms. The first-order chi connectivity index (χ1) is 10.1. The van der Waals surface area contributed by atoms with Gasteiger partial charge in [-0.2, -0.15) is 5.10 Å². The first-order valence-electron chi connectivity index (χ1n) is 7.38. The molecular weight excluding hydrogens is 262 g/mol. The summed E-state index contributed by atoms with van der Waals surface area (Å²) in [4.78, 5) is 2.27. The van der Waals surface area contributed by atoms with Crippen molar-refractivity contribution in [3.8, 4) is 0 Å². The van der Waals surface area contributed by atoms with Crippen molar-refractivity contribution in [1.29, 1.82) is 0 Å². The minimum atomic E-state index is -0.210. The van der Waals surface area contributed by atoms with E-state index in [1.54, 1.807) is 0 Å². The van der Waals surface area contributed by atoms with Crippen LogP contribution < -0.4 is 10.3 Å². The molecule has 0 amide bonds. The molecule has 2 aliphatic heterocycles. The van der Waals surface area contributed by atoms with Gasteiger partial charge in [-0.25, -0.2) is 0 Å². The quantitative estimate of drug-likeness (QED) is 0.876. The molecule has 2 aliphatic rings. The number of aliphatic hydroxyl groups excluding tert-OH is 1. The number of benzene rings is 1. The molecule has 110 valence electrons. The SMILES string of the molecule is C=C1C=CC(c2ccc(N3CCCC(O)C3)c(C)c2)=NN1. The number of nitrogens with zero attached hydrogens (tertiary/aromatic N) is 2. The molecule has 0 spiro atoms. The molecule has 0 aliphatic carbocycles. The van der Waals surface area contributed by atoms with Gasteiger partial charge in [0.2, 0.25) is 0 Å². The Labute approximate surface area is 125 Å². The maximum atomic E-state index is 9.83. The van der Waals surface area contributed by atoms with Crippen LogP contribution in [0.4, 0.5) is 5.69 Å². The van der Waals surface area contributed by atoms with Crippen molar-refractivity contribution in [3.63, 3.8) is 0 Å². The van der Waals surface area contributed by atoms with Crippen LogP contribution in [0.1, 0.15) is 24.0 Å². The average Bonchev–Trinajstić information content (AvgIpc) is 2.48. The van der Waals surface area contributed by atoms with Gasteiger partial charge in [0.05, 0.1) is 11.8 Å². The van der Waals surface area contributed by atoms with Crippen molar-refractivity contribution in [2.45, 2.75) is 25.9 Å². The van der Waals surface area contributed by atoms with Crippen LogP contribution in [0.2, 0.25) is 0 Å². The lowest BCUT2D eigenvalue weighted by molar-refractivity contribution is 0.154. The van der Waals surface area contributed by atoms with Gasteiger partial charge in [0.25, 0.3) is 0 Å². The van der Waals surface area contributed by atoms with Crippen LogP contribution in [0.25, 0.3) is 0 Å². The Morgan fingerprint density at radius 1 is 1.38 bits per heavy atom. The molecule has 1 saturated heterocycles. The Bertz CT molecular complexity index is 618. The first-order valence-corrected chi connectivity index (χ1v) is 7.38. The molecular formula is C17H21N3O. The highest BCUT2D eigenvalue weighted by atomic mass is 16.3. The van der Waals surface area contributed by atoms with Gasteiger partial charge in [-0.1, -0.05) is 12.6 Å². The minimum Gasteiger partial charge on any atom is -0.391 e.